The minimum absolute atomic E-state index is 0.0275. The quantitative estimate of drug-likeness (QED) is 0.829. The molecule has 24 heavy (non-hydrogen) atoms. The van der Waals surface area contributed by atoms with Crippen molar-refractivity contribution in [1.29, 1.82) is 0 Å². The molecule has 0 fully saturated rings. The Kier molecular flexibility index (Phi) is 6.25. The highest BCUT2D eigenvalue weighted by Gasteiger charge is 2.08. The Morgan fingerprint density at radius 2 is 2.04 bits per heavy atom. The molecule has 0 atom stereocenters. The van der Waals surface area contributed by atoms with Crippen molar-refractivity contribution < 1.29 is 9.59 Å². The van der Waals surface area contributed by atoms with Crippen molar-refractivity contribution in [1.82, 2.24) is 15.2 Å². The Balaban J connectivity index is 1.83. The number of nitrogens with zero attached hydrogens (tertiary/aromatic N) is 2. The lowest BCUT2D eigenvalue weighted by molar-refractivity contribution is -0.116. The van der Waals surface area contributed by atoms with Crippen LogP contribution in [0.15, 0.2) is 54.9 Å². The normalized spacial score (nSPS) is 10.6. The van der Waals surface area contributed by atoms with E-state index in [4.69, 9.17) is 0 Å². The van der Waals surface area contributed by atoms with Crippen LogP contribution < -0.4 is 5.32 Å². The van der Waals surface area contributed by atoms with E-state index < -0.39 is 0 Å². The van der Waals surface area contributed by atoms with Crippen LogP contribution in [-0.2, 0) is 11.2 Å². The second kappa shape index (κ2) is 8.62. The molecular weight excluding hydrogens is 302 g/mol. The third-order valence-electron chi connectivity index (χ3n) is 3.40. The molecule has 5 nitrogen and oxygen atoms in total. The van der Waals surface area contributed by atoms with Crippen LogP contribution in [0.2, 0.25) is 0 Å². The van der Waals surface area contributed by atoms with Gasteiger partial charge in [-0.3, -0.25) is 14.6 Å². The highest BCUT2D eigenvalue weighted by atomic mass is 16.2. The molecule has 0 radical (unpaired) electrons. The molecule has 1 N–H and O–H groups in total. The Hall–Kier alpha value is -2.95. The summed E-state index contributed by atoms with van der Waals surface area (Å²) in [5, 5.41) is 2.83. The summed E-state index contributed by atoms with van der Waals surface area (Å²) in [6, 6.07) is 11.2. The SMILES string of the molecule is CN(C)C(=O)c1cccc(CCNC(=O)C=Cc2cccnc2)c1. The van der Waals surface area contributed by atoms with Gasteiger partial charge in [-0.2, -0.15) is 0 Å². The van der Waals surface area contributed by atoms with Crippen molar-refractivity contribution in [2.24, 2.45) is 0 Å². The first-order chi connectivity index (χ1) is 11.6. The van der Waals surface area contributed by atoms with E-state index in [0.29, 0.717) is 18.5 Å². The number of rotatable bonds is 6. The predicted molar refractivity (Wildman–Crippen MR) is 94.4 cm³/mol. The van der Waals surface area contributed by atoms with Crippen molar-refractivity contribution in [2.45, 2.75) is 6.42 Å². The molecular formula is C19H21N3O2. The zero-order valence-electron chi connectivity index (χ0n) is 13.9. The Bertz CT molecular complexity index is 724. The van der Waals surface area contributed by atoms with Gasteiger partial charge in [0.2, 0.25) is 5.91 Å². The van der Waals surface area contributed by atoms with Crippen LogP contribution in [0.4, 0.5) is 0 Å². The number of aromatic nitrogens is 1. The Morgan fingerprint density at radius 1 is 1.21 bits per heavy atom. The molecule has 0 aliphatic rings. The molecule has 1 aromatic carbocycles. The molecule has 0 saturated carbocycles. The van der Waals surface area contributed by atoms with Crippen LogP contribution >= 0.6 is 0 Å². The van der Waals surface area contributed by atoms with Crippen LogP contribution in [0.3, 0.4) is 0 Å². The molecule has 0 bridgehead atoms. The number of hydrogen-bond donors (Lipinski definition) is 1. The molecule has 0 aliphatic carbocycles. The van der Waals surface area contributed by atoms with E-state index in [-0.39, 0.29) is 11.8 Å². The maximum Gasteiger partial charge on any atom is 0.253 e. The summed E-state index contributed by atoms with van der Waals surface area (Å²) in [6.07, 6.45) is 7.26. The van der Waals surface area contributed by atoms with E-state index in [2.05, 4.69) is 10.3 Å². The molecule has 0 saturated heterocycles. The standard InChI is InChI=1S/C19H21N3O2/c1-22(2)19(24)17-7-3-5-15(13-17)10-12-21-18(23)9-8-16-6-4-11-20-14-16/h3-9,11,13-14H,10,12H2,1-2H3,(H,21,23). The fraction of sp³-hybridized carbons (Fsp3) is 0.211. The fourth-order valence-corrected chi connectivity index (χ4v) is 2.15. The molecule has 2 rings (SSSR count). The van der Waals surface area contributed by atoms with Gasteiger partial charge < -0.3 is 10.2 Å². The predicted octanol–water partition coefficient (Wildman–Crippen LogP) is 2.16. The first kappa shape index (κ1) is 17.4. The van der Waals surface area contributed by atoms with Crippen LogP contribution in [0.1, 0.15) is 21.5 Å². The van der Waals surface area contributed by atoms with E-state index in [1.165, 1.54) is 6.08 Å². The Morgan fingerprint density at radius 3 is 2.75 bits per heavy atom. The smallest absolute Gasteiger partial charge is 0.253 e. The summed E-state index contributed by atoms with van der Waals surface area (Å²) in [4.78, 5) is 29.3. The molecule has 2 amide bonds. The van der Waals surface area contributed by atoms with Gasteiger partial charge in [-0.25, -0.2) is 0 Å². The minimum Gasteiger partial charge on any atom is -0.352 e. The van der Waals surface area contributed by atoms with Gasteiger partial charge in [-0.05, 0) is 41.8 Å². The van der Waals surface area contributed by atoms with Crippen molar-refractivity contribution in [2.75, 3.05) is 20.6 Å². The highest BCUT2D eigenvalue weighted by molar-refractivity contribution is 5.94. The van der Waals surface area contributed by atoms with E-state index in [9.17, 15) is 9.59 Å². The van der Waals surface area contributed by atoms with Gasteiger partial charge in [0, 0.05) is 44.7 Å². The van der Waals surface area contributed by atoms with E-state index in [1.807, 2.05) is 30.3 Å². The number of nitrogens with one attached hydrogen (secondary N) is 1. The number of benzene rings is 1. The monoisotopic (exact) mass is 323 g/mol. The first-order valence-electron chi connectivity index (χ1n) is 7.73. The lowest BCUT2D eigenvalue weighted by Gasteiger charge is -2.11. The van der Waals surface area contributed by atoms with Gasteiger partial charge in [0.05, 0.1) is 0 Å². The number of carbonyl (C=O) groups excluding carboxylic acids is 2. The zero-order chi connectivity index (χ0) is 17.4. The topological polar surface area (TPSA) is 62.3 Å². The largest absolute Gasteiger partial charge is 0.352 e. The number of carbonyl (C=O) groups is 2. The van der Waals surface area contributed by atoms with Gasteiger partial charge in [-0.1, -0.05) is 18.2 Å². The van der Waals surface area contributed by atoms with E-state index in [1.54, 1.807) is 43.5 Å². The first-order valence-corrected chi connectivity index (χ1v) is 7.73. The zero-order valence-corrected chi connectivity index (χ0v) is 13.9. The van der Waals surface area contributed by atoms with E-state index in [0.717, 1.165) is 11.1 Å². The second-order valence-corrected chi connectivity index (χ2v) is 5.56. The lowest BCUT2D eigenvalue weighted by Crippen LogP contribution is -2.24. The molecule has 1 aromatic heterocycles. The molecule has 0 unspecified atom stereocenters. The van der Waals surface area contributed by atoms with Gasteiger partial charge in [0.1, 0.15) is 0 Å². The number of pyridine rings is 1. The van der Waals surface area contributed by atoms with Crippen molar-refractivity contribution in [3.8, 4) is 0 Å². The summed E-state index contributed by atoms with van der Waals surface area (Å²) in [5.41, 5.74) is 2.54. The van der Waals surface area contributed by atoms with Crippen molar-refractivity contribution in [3.63, 3.8) is 0 Å². The third kappa shape index (κ3) is 5.35. The van der Waals surface area contributed by atoms with Crippen LogP contribution in [-0.4, -0.2) is 42.3 Å². The summed E-state index contributed by atoms with van der Waals surface area (Å²) >= 11 is 0. The average molecular weight is 323 g/mol. The van der Waals surface area contributed by atoms with Crippen LogP contribution in [0, 0.1) is 0 Å². The van der Waals surface area contributed by atoms with Gasteiger partial charge in [-0.15, -0.1) is 0 Å². The average Bonchev–Trinajstić information content (AvgIpc) is 2.60. The summed E-state index contributed by atoms with van der Waals surface area (Å²) < 4.78 is 0. The minimum atomic E-state index is -0.153. The third-order valence-corrected chi connectivity index (χ3v) is 3.40. The maximum atomic E-state index is 11.9. The molecule has 124 valence electrons. The van der Waals surface area contributed by atoms with Crippen molar-refractivity contribution in [3.05, 3.63) is 71.6 Å². The lowest BCUT2D eigenvalue weighted by atomic mass is 10.1. The summed E-state index contributed by atoms with van der Waals surface area (Å²) in [6.45, 7) is 0.510. The van der Waals surface area contributed by atoms with Gasteiger partial charge >= 0.3 is 0 Å². The van der Waals surface area contributed by atoms with Gasteiger partial charge in [0.25, 0.3) is 5.91 Å². The molecule has 5 heteroatoms. The van der Waals surface area contributed by atoms with Crippen LogP contribution in [0.25, 0.3) is 6.08 Å². The van der Waals surface area contributed by atoms with Crippen molar-refractivity contribution >= 4 is 17.9 Å². The van der Waals surface area contributed by atoms with Crippen LogP contribution in [0.5, 0.6) is 0 Å². The summed E-state index contributed by atoms with van der Waals surface area (Å²) in [5.74, 6) is -0.181. The molecule has 1 heterocycles. The highest BCUT2D eigenvalue weighted by Crippen LogP contribution is 2.07. The van der Waals surface area contributed by atoms with E-state index >= 15 is 0 Å². The summed E-state index contributed by atoms with van der Waals surface area (Å²) in [7, 11) is 3.45. The molecule has 0 spiro atoms. The maximum absolute atomic E-state index is 11.9. The second-order valence-electron chi connectivity index (χ2n) is 5.56. The Labute approximate surface area is 142 Å². The van der Waals surface area contributed by atoms with Gasteiger partial charge in [0.15, 0.2) is 0 Å². The number of hydrogen-bond acceptors (Lipinski definition) is 3. The molecule has 2 aromatic rings. The fourth-order valence-electron chi connectivity index (χ4n) is 2.15. The molecule has 0 aliphatic heterocycles. The number of amides is 2.